The van der Waals surface area contributed by atoms with Gasteiger partial charge in [0.2, 0.25) is 0 Å². The number of hydrogen-bond acceptors (Lipinski definition) is 0. The van der Waals surface area contributed by atoms with E-state index in [9.17, 15) is 0 Å². The van der Waals surface area contributed by atoms with Crippen LogP contribution in [-0.4, -0.2) is 0 Å². The van der Waals surface area contributed by atoms with E-state index >= 15 is 0 Å². The largest absolute Gasteiger partial charge is 0.0617 e. The van der Waals surface area contributed by atoms with E-state index in [1.54, 1.807) is 0 Å². The fourth-order valence-corrected chi connectivity index (χ4v) is 2.00. The van der Waals surface area contributed by atoms with Gasteiger partial charge in [-0.25, -0.2) is 0 Å². The first kappa shape index (κ1) is 11.9. The molecule has 0 bridgehead atoms. The fraction of sp³-hybridized carbons (Fsp3) is 0.235. The average Bonchev–Trinajstić information content (AvgIpc) is 2.39. The van der Waals surface area contributed by atoms with Crippen molar-refractivity contribution in [2.45, 2.75) is 26.7 Å². The van der Waals surface area contributed by atoms with Crippen molar-refractivity contribution in [3.63, 3.8) is 0 Å². The van der Waals surface area contributed by atoms with Crippen LogP contribution in [0.1, 0.15) is 36.1 Å². The fourth-order valence-electron chi connectivity index (χ4n) is 2.00. The van der Waals surface area contributed by atoms with Crippen LogP contribution < -0.4 is 0 Å². The molecule has 0 aliphatic heterocycles. The van der Waals surface area contributed by atoms with Crippen LogP contribution in [0, 0.1) is 6.42 Å². The average molecular weight is 223 g/mol. The van der Waals surface area contributed by atoms with Gasteiger partial charge < -0.3 is 0 Å². The Morgan fingerprint density at radius 3 is 1.65 bits per heavy atom. The summed E-state index contributed by atoms with van der Waals surface area (Å²) in [7, 11) is 0. The quantitative estimate of drug-likeness (QED) is 0.720. The van der Waals surface area contributed by atoms with Gasteiger partial charge in [-0.2, -0.15) is 0 Å². The van der Waals surface area contributed by atoms with E-state index in [2.05, 4.69) is 68.8 Å². The molecule has 0 nitrogen and oxygen atoms in total. The predicted molar refractivity (Wildman–Crippen MR) is 74.1 cm³/mol. The lowest BCUT2D eigenvalue weighted by atomic mass is 10.00. The molecule has 2 rings (SSSR count). The highest BCUT2D eigenvalue weighted by atomic mass is 14.0. The number of aryl methyl sites for hydroxylation is 2. The van der Waals surface area contributed by atoms with Gasteiger partial charge in [-0.3, -0.25) is 0 Å². The lowest BCUT2D eigenvalue weighted by Gasteiger charge is -2.05. The zero-order chi connectivity index (χ0) is 12.1. The molecule has 87 valence electrons. The van der Waals surface area contributed by atoms with E-state index in [1.165, 1.54) is 22.3 Å². The van der Waals surface area contributed by atoms with Crippen molar-refractivity contribution in [3.05, 3.63) is 77.2 Å². The zero-order valence-electron chi connectivity index (χ0n) is 10.6. The standard InChI is InChI=1S/C17H19/c1-3-14-7-5-9-16(11-14)13-17-10-6-8-15(4-2)12-17/h5-13H,3-4H2,1-2H3. The second-order valence-electron chi connectivity index (χ2n) is 4.34. The summed E-state index contributed by atoms with van der Waals surface area (Å²) >= 11 is 0. The third-order valence-corrected chi connectivity index (χ3v) is 3.05. The molecule has 0 fully saturated rings. The Kier molecular flexibility index (Phi) is 3.98. The van der Waals surface area contributed by atoms with E-state index in [-0.39, 0.29) is 0 Å². The molecule has 0 aliphatic carbocycles. The molecule has 0 N–H and O–H groups in total. The van der Waals surface area contributed by atoms with Crippen molar-refractivity contribution in [2.24, 2.45) is 0 Å². The van der Waals surface area contributed by atoms with Crippen molar-refractivity contribution in [2.75, 3.05) is 0 Å². The van der Waals surface area contributed by atoms with Gasteiger partial charge in [-0.1, -0.05) is 62.4 Å². The van der Waals surface area contributed by atoms with Crippen LogP contribution in [0.25, 0.3) is 0 Å². The van der Waals surface area contributed by atoms with E-state index in [4.69, 9.17) is 0 Å². The maximum Gasteiger partial charge on any atom is 0.0199 e. The van der Waals surface area contributed by atoms with Crippen molar-refractivity contribution < 1.29 is 0 Å². The minimum Gasteiger partial charge on any atom is -0.0617 e. The molecule has 0 atom stereocenters. The summed E-state index contributed by atoms with van der Waals surface area (Å²) in [6.07, 6.45) is 4.44. The van der Waals surface area contributed by atoms with Crippen molar-refractivity contribution in [1.29, 1.82) is 0 Å². The molecule has 2 aromatic rings. The van der Waals surface area contributed by atoms with Crippen LogP contribution in [-0.2, 0) is 12.8 Å². The van der Waals surface area contributed by atoms with Crippen LogP contribution in [0.2, 0.25) is 0 Å². The monoisotopic (exact) mass is 223 g/mol. The predicted octanol–water partition coefficient (Wildman–Crippen LogP) is 4.41. The van der Waals surface area contributed by atoms with Gasteiger partial charge in [0.15, 0.2) is 0 Å². The lowest BCUT2D eigenvalue weighted by molar-refractivity contribution is 1.13. The van der Waals surface area contributed by atoms with E-state index in [0.717, 1.165) is 12.8 Å². The van der Waals surface area contributed by atoms with Crippen LogP contribution >= 0.6 is 0 Å². The molecule has 0 saturated heterocycles. The molecular formula is C17H19. The van der Waals surface area contributed by atoms with Gasteiger partial charge in [0.1, 0.15) is 0 Å². The maximum atomic E-state index is 2.26. The normalized spacial score (nSPS) is 10.5. The first-order valence-corrected chi connectivity index (χ1v) is 6.34. The highest BCUT2D eigenvalue weighted by Crippen LogP contribution is 2.15. The third kappa shape index (κ3) is 3.20. The Balaban J connectivity index is 2.18. The van der Waals surface area contributed by atoms with Gasteiger partial charge in [-0.05, 0) is 35.1 Å². The van der Waals surface area contributed by atoms with Crippen LogP contribution in [0.4, 0.5) is 0 Å². The summed E-state index contributed by atoms with van der Waals surface area (Å²) in [5.74, 6) is 0. The second kappa shape index (κ2) is 5.67. The molecule has 0 spiro atoms. The highest BCUT2D eigenvalue weighted by Gasteiger charge is 1.99. The third-order valence-electron chi connectivity index (χ3n) is 3.05. The summed E-state index contributed by atoms with van der Waals surface area (Å²) in [6.45, 7) is 4.38. The Morgan fingerprint density at radius 2 is 1.24 bits per heavy atom. The van der Waals surface area contributed by atoms with Crippen molar-refractivity contribution in [3.8, 4) is 0 Å². The molecule has 1 radical (unpaired) electrons. The Bertz CT molecular complexity index is 437. The molecule has 17 heavy (non-hydrogen) atoms. The van der Waals surface area contributed by atoms with Gasteiger partial charge in [0.05, 0.1) is 0 Å². The topological polar surface area (TPSA) is 0 Å². The SMILES string of the molecule is CCc1cccc([CH]c2cccc(CC)c2)c1. The van der Waals surface area contributed by atoms with Crippen molar-refractivity contribution >= 4 is 0 Å². The summed E-state index contributed by atoms with van der Waals surface area (Å²) < 4.78 is 0. The Morgan fingerprint density at radius 1 is 0.765 bits per heavy atom. The van der Waals surface area contributed by atoms with Crippen LogP contribution in [0.5, 0.6) is 0 Å². The second-order valence-corrected chi connectivity index (χ2v) is 4.34. The first-order valence-electron chi connectivity index (χ1n) is 6.34. The van der Waals surface area contributed by atoms with Crippen molar-refractivity contribution in [1.82, 2.24) is 0 Å². The molecule has 2 aromatic carbocycles. The Labute approximate surface area is 104 Å². The van der Waals surface area contributed by atoms with E-state index in [0.29, 0.717) is 0 Å². The summed E-state index contributed by atoms with van der Waals surface area (Å²) in [4.78, 5) is 0. The molecule has 0 heteroatoms. The van der Waals surface area contributed by atoms with E-state index < -0.39 is 0 Å². The van der Waals surface area contributed by atoms with E-state index in [1.807, 2.05) is 0 Å². The van der Waals surface area contributed by atoms with Gasteiger partial charge in [0, 0.05) is 6.42 Å². The molecule has 0 saturated carbocycles. The minimum atomic E-state index is 1.09. The zero-order valence-corrected chi connectivity index (χ0v) is 10.6. The molecule has 0 amide bonds. The van der Waals surface area contributed by atoms with Gasteiger partial charge in [-0.15, -0.1) is 0 Å². The molecule has 0 heterocycles. The number of rotatable bonds is 4. The summed E-state index contributed by atoms with van der Waals surface area (Å²) in [5, 5.41) is 0. The number of benzene rings is 2. The van der Waals surface area contributed by atoms with Gasteiger partial charge >= 0.3 is 0 Å². The first-order chi connectivity index (χ1) is 8.31. The van der Waals surface area contributed by atoms with Crippen LogP contribution in [0.15, 0.2) is 48.5 Å². The minimum absolute atomic E-state index is 1.09. The molecular weight excluding hydrogens is 204 g/mol. The Hall–Kier alpha value is -1.56. The smallest absolute Gasteiger partial charge is 0.0199 e. The number of hydrogen-bond donors (Lipinski definition) is 0. The molecule has 0 unspecified atom stereocenters. The summed E-state index contributed by atoms with van der Waals surface area (Å²) in [6, 6.07) is 17.5. The van der Waals surface area contributed by atoms with Gasteiger partial charge in [0.25, 0.3) is 0 Å². The van der Waals surface area contributed by atoms with Crippen LogP contribution in [0.3, 0.4) is 0 Å². The summed E-state index contributed by atoms with van der Waals surface area (Å²) in [5.41, 5.74) is 5.37. The lowest BCUT2D eigenvalue weighted by Crippen LogP contribution is -1.89. The highest BCUT2D eigenvalue weighted by molar-refractivity contribution is 5.40. The maximum absolute atomic E-state index is 2.26. The molecule has 0 aliphatic rings. The molecule has 0 aromatic heterocycles.